The molecule has 0 spiro atoms. The highest BCUT2D eigenvalue weighted by Gasteiger charge is 2.27. The van der Waals surface area contributed by atoms with Crippen molar-refractivity contribution in [3.63, 3.8) is 0 Å². The number of aliphatic hydroxyl groups excluding tert-OH is 1. The van der Waals surface area contributed by atoms with Crippen molar-refractivity contribution in [3.8, 4) is 5.75 Å². The number of nitrogens with two attached hydrogens (primary N) is 1. The predicted molar refractivity (Wildman–Crippen MR) is 49.6 cm³/mol. The van der Waals surface area contributed by atoms with Crippen LogP contribution in [-0.2, 0) is 0 Å². The largest absolute Gasteiger partial charge is 0.490 e. The van der Waals surface area contributed by atoms with Crippen LogP contribution in [0.2, 0.25) is 0 Å². The Bertz CT molecular complexity index is 325. The molecule has 1 aromatic rings. The molecule has 0 unspecified atom stereocenters. The first kappa shape index (κ1) is 8.53. The molecule has 1 aliphatic rings. The highest BCUT2D eigenvalue weighted by molar-refractivity contribution is 5.43. The second-order valence-electron chi connectivity index (χ2n) is 3.39. The van der Waals surface area contributed by atoms with Crippen molar-refractivity contribution in [1.29, 1.82) is 0 Å². The lowest BCUT2D eigenvalue weighted by Gasteiger charge is -2.28. The fourth-order valence-electron chi connectivity index (χ4n) is 1.68. The van der Waals surface area contributed by atoms with Crippen LogP contribution in [0.25, 0.3) is 0 Å². The number of aryl methyl sites for hydroxylation is 1. The molecule has 1 aromatic carbocycles. The Labute approximate surface area is 77.1 Å². The minimum absolute atomic E-state index is 0.289. The van der Waals surface area contributed by atoms with Crippen molar-refractivity contribution >= 4 is 0 Å². The third kappa shape index (κ3) is 1.30. The van der Waals surface area contributed by atoms with Gasteiger partial charge in [-0.15, -0.1) is 0 Å². The van der Waals surface area contributed by atoms with Crippen LogP contribution in [0.5, 0.6) is 5.75 Å². The first-order valence-electron chi connectivity index (χ1n) is 4.36. The normalized spacial score (nSPS) is 26.4. The summed E-state index contributed by atoms with van der Waals surface area (Å²) in [4.78, 5) is 0. The Balaban J connectivity index is 2.51. The minimum Gasteiger partial charge on any atom is -0.490 e. The molecule has 0 aliphatic carbocycles. The van der Waals surface area contributed by atoms with Gasteiger partial charge in [0.25, 0.3) is 0 Å². The molecule has 1 heterocycles. The van der Waals surface area contributed by atoms with E-state index in [4.69, 9.17) is 10.5 Å². The van der Waals surface area contributed by atoms with E-state index >= 15 is 0 Å². The third-order valence-corrected chi connectivity index (χ3v) is 2.44. The number of benzene rings is 1. The molecule has 1 aliphatic heterocycles. The molecule has 70 valence electrons. The van der Waals surface area contributed by atoms with Crippen LogP contribution < -0.4 is 10.5 Å². The Morgan fingerprint density at radius 3 is 3.08 bits per heavy atom. The van der Waals surface area contributed by atoms with Crippen LogP contribution in [0.4, 0.5) is 0 Å². The van der Waals surface area contributed by atoms with Gasteiger partial charge in [0.2, 0.25) is 0 Å². The highest BCUT2D eigenvalue weighted by atomic mass is 16.5. The lowest BCUT2D eigenvalue weighted by atomic mass is 9.95. The zero-order valence-corrected chi connectivity index (χ0v) is 7.53. The molecule has 3 heteroatoms. The molecule has 13 heavy (non-hydrogen) atoms. The highest BCUT2D eigenvalue weighted by Crippen LogP contribution is 2.32. The molecule has 0 aromatic heterocycles. The first-order valence-corrected chi connectivity index (χ1v) is 4.36. The fraction of sp³-hybridized carbons (Fsp3) is 0.400. The molecule has 0 bridgehead atoms. The van der Waals surface area contributed by atoms with Crippen molar-refractivity contribution in [2.45, 2.75) is 19.1 Å². The summed E-state index contributed by atoms with van der Waals surface area (Å²) in [6.45, 7) is 2.26. The maximum Gasteiger partial charge on any atom is 0.124 e. The number of hydrogen-bond donors (Lipinski definition) is 2. The van der Waals surface area contributed by atoms with Gasteiger partial charge in [0, 0.05) is 5.56 Å². The van der Waals surface area contributed by atoms with Gasteiger partial charge < -0.3 is 15.6 Å². The zero-order valence-electron chi connectivity index (χ0n) is 7.53. The monoisotopic (exact) mass is 179 g/mol. The van der Waals surface area contributed by atoms with Gasteiger partial charge in [-0.1, -0.05) is 12.1 Å². The van der Waals surface area contributed by atoms with E-state index in [-0.39, 0.29) is 12.6 Å². The number of aliphatic hydroxyl groups is 1. The average molecular weight is 179 g/mol. The molecular weight excluding hydrogens is 166 g/mol. The van der Waals surface area contributed by atoms with Crippen LogP contribution in [0.3, 0.4) is 0 Å². The zero-order chi connectivity index (χ0) is 9.42. The minimum atomic E-state index is -0.589. The molecule has 2 atom stereocenters. The molecule has 0 amide bonds. The van der Waals surface area contributed by atoms with E-state index in [2.05, 4.69) is 0 Å². The van der Waals surface area contributed by atoms with E-state index < -0.39 is 6.10 Å². The summed E-state index contributed by atoms with van der Waals surface area (Å²) in [5, 5.41) is 9.50. The number of hydrogen-bond acceptors (Lipinski definition) is 3. The smallest absolute Gasteiger partial charge is 0.124 e. The van der Waals surface area contributed by atoms with E-state index in [1.807, 2.05) is 25.1 Å². The van der Waals surface area contributed by atoms with Gasteiger partial charge in [0.05, 0.1) is 6.04 Å². The van der Waals surface area contributed by atoms with Crippen molar-refractivity contribution in [2.75, 3.05) is 6.61 Å². The van der Waals surface area contributed by atoms with E-state index in [1.54, 1.807) is 0 Å². The number of ether oxygens (including phenoxy) is 1. The van der Waals surface area contributed by atoms with Gasteiger partial charge >= 0.3 is 0 Å². The Kier molecular flexibility index (Phi) is 1.98. The standard InChI is InChI=1S/C10H13NO2/c1-6-3-2-4-8-9(6)10(11)7(12)5-13-8/h2-4,7,10,12H,5,11H2,1H3/t7-,10-/m1/s1. The van der Waals surface area contributed by atoms with Crippen molar-refractivity contribution in [1.82, 2.24) is 0 Å². The van der Waals surface area contributed by atoms with Crippen LogP contribution >= 0.6 is 0 Å². The molecule has 2 rings (SSSR count). The van der Waals surface area contributed by atoms with Crippen LogP contribution in [0.1, 0.15) is 17.2 Å². The van der Waals surface area contributed by atoms with Crippen LogP contribution in [0, 0.1) is 6.92 Å². The van der Waals surface area contributed by atoms with E-state index in [0.717, 1.165) is 16.9 Å². The maximum absolute atomic E-state index is 9.50. The summed E-state index contributed by atoms with van der Waals surface area (Å²) in [5.41, 5.74) is 7.87. The molecule has 0 fully saturated rings. The lowest BCUT2D eigenvalue weighted by molar-refractivity contribution is 0.0675. The van der Waals surface area contributed by atoms with Gasteiger partial charge in [-0.05, 0) is 18.6 Å². The molecule has 0 radical (unpaired) electrons. The summed E-state index contributed by atoms with van der Waals surface area (Å²) < 4.78 is 5.36. The Hall–Kier alpha value is -1.06. The molecule has 0 saturated heterocycles. The van der Waals surface area contributed by atoms with Crippen molar-refractivity contribution < 1.29 is 9.84 Å². The summed E-state index contributed by atoms with van der Waals surface area (Å²) in [5.74, 6) is 0.804. The van der Waals surface area contributed by atoms with Crippen LogP contribution in [0.15, 0.2) is 18.2 Å². The van der Waals surface area contributed by atoms with E-state index in [1.165, 1.54) is 0 Å². The molecule has 3 nitrogen and oxygen atoms in total. The number of fused-ring (bicyclic) bond motifs is 1. The average Bonchev–Trinajstić information content (AvgIpc) is 2.12. The Morgan fingerprint density at radius 2 is 2.31 bits per heavy atom. The molecule has 3 N–H and O–H groups in total. The fourth-order valence-corrected chi connectivity index (χ4v) is 1.68. The van der Waals surface area contributed by atoms with Crippen molar-refractivity contribution in [2.24, 2.45) is 5.73 Å². The molecular formula is C10H13NO2. The van der Waals surface area contributed by atoms with Gasteiger partial charge in [-0.3, -0.25) is 0 Å². The second kappa shape index (κ2) is 3.01. The summed E-state index contributed by atoms with van der Waals surface area (Å²) in [6, 6.07) is 5.47. The Morgan fingerprint density at radius 1 is 1.54 bits per heavy atom. The van der Waals surface area contributed by atoms with Crippen molar-refractivity contribution in [3.05, 3.63) is 29.3 Å². The summed E-state index contributed by atoms with van der Waals surface area (Å²) >= 11 is 0. The molecule has 0 saturated carbocycles. The van der Waals surface area contributed by atoms with Gasteiger partial charge in [-0.25, -0.2) is 0 Å². The second-order valence-corrected chi connectivity index (χ2v) is 3.39. The van der Waals surface area contributed by atoms with Crippen LogP contribution in [-0.4, -0.2) is 17.8 Å². The lowest BCUT2D eigenvalue weighted by Crippen LogP contribution is -2.36. The van der Waals surface area contributed by atoms with Gasteiger partial charge in [0.15, 0.2) is 0 Å². The van der Waals surface area contributed by atoms with Gasteiger partial charge in [-0.2, -0.15) is 0 Å². The number of rotatable bonds is 0. The van der Waals surface area contributed by atoms with Gasteiger partial charge in [0.1, 0.15) is 18.5 Å². The summed E-state index contributed by atoms with van der Waals surface area (Å²) in [7, 11) is 0. The van der Waals surface area contributed by atoms with E-state index in [9.17, 15) is 5.11 Å². The predicted octanol–water partition coefficient (Wildman–Crippen LogP) is 0.748. The topological polar surface area (TPSA) is 55.5 Å². The quantitative estimate of drug-likeness (QED) is 0.618. The maximum atomic E-state index is 9.50. The first-order chi connectivity index (χ1) is 6.20. The van der Waals surface area contributed by atoms with E-state index in [0.29, 0.717) is 0 Å². The SMILES string of the molecule is Cc1cccc2c1[C@H](N)[C@H](O)CO2. The third-order valence-electron chi connectivity index (χ3n) is 2.44. The summed E-state index contributed by atoms with van der Waals surface area (Å²) in [6.07, 6.45) is -0.589.